The lowest BCUT2D eigenvalue weighted by Crippen LogP contribution is -2.06. The van der Waals surface area contributed by atoms with Crippen molar-refractivity contribution in [1.29, 1.82) is 0 Å². The molecular formula is C11H17NO2. The van der Waals surface area contributed by atoms with Gasteiger partial charge in [-0.05, 0) is 11.5 Å². The van der Waals surface area contributed by atoms with E-state index in [4.69, 9.17) is 14.9 Å². The summed E-state index contributed by atoms with van der Waals surface area (Å²) >= 11 is 0. The first-order valence-electron chi connectivity index (χ1n) is 4.90. The summed E-state index contributed by atoms with van der Waals surface area (Å²) < 4.78 is 10.6. The van der Waals surface area contributed by atoms with E-state index in [2.05, 4.69) is 13.8 Å². The highest BCUT2D eigenvalue weighted by molar-refractivity contribution is 5.33. The fourth-order valence-corrected chi connectivity index (χ4v) is 2.07. The molecule has 3 heteroatoms. The van der Waals surface area contributed by atoms with Crippen molar-refractivity contribution in [3.8, 4) is 0 Å². The molecule has 1 aromatic rings. The van der Waals surface area contributed by atoms with Gasteiger partial charge in [0.15, 0.2) is 0 Å². The molecule has 1 saturated carbocycles. The SMILES string of the molecule is COCc1ccoc1[C@@H]1[C@@H](N)C1(C)C. The van der Waals surface area contributed by atoms with Crippen molar-refractivity contribution in [3.05, 3.63) is 23.7 Å². The van der Waals surface area contributed by atoms with Gasteiger partial charge in [-0.15, -0.1) is 0 Å². The van der Waals surface area contributed by atoms with E-state index in [0.29, 0.717) is 12.5 Å². The smallest absolute Gasteiger partial charge is 0.114 e. The van der Waals surface area contributed by atoms with E-state index in [1.807, 2.05) is 6.07 Å². The van der Waals surface area contributed by atoms with Crippen LogP contribution in [0, 0.1) is 5.41 Å². The molecule has 0 amide bonds. The van der Waals surface area contributed by atoms with Gasteiger partial charge >= 0.3 is 0 Å². The minimum atomic E-state index is 0.167. The van der Waals surface area contributed by atoms with Gasteiger partial charge in [-0.25, -0.2) is 0 Å². The molecule has 0 aromatic carbocycles. The van der Waals surface area contributed by atoms with E-state index >= 15 is 0 Å². The maximum Gasteiger partial charge on any atom is 0.114 e. The zero-order chi connectivity index (χ0) is 10.3. The van der Waals surface area contributed by atoms with Crippen LogP contribution in [0.3, 0.4) is 0 Å². The lowest BCUT2D eigenvalue weighted by Gasteiger charge is -2.02. The van der Waals surface area contributed by atoms with Gasteiger partial charge in [0, 0.05) is 24.6 Å². The minimum absolute atomic E-state index is 0.167. The molecule has 1 heterocycles. The van der Waals surface area contributed by atoms with Crippen molar-refractivity contribution in [3.63, 3.8) is 0 Å². The Kier molecular flexibility index (Phi) is 2.16. The van der Waals surface area contributed by atoms with Crippen LogP contribution in [0.15, 0.2) is 16.7 Å². The van der Waals surface area contributed by atoms with E-state index in [-0.39, 0.29) is 11.5 Å². The summed E-state index contributed by atoms with van der Waals surface area (Å²) in [6.45, 7) is 4.94. The van der Waals surface area contributed by atoms with Gasteiger partial charge in [0.05, 0.1) is 12.9 Å². The summed E-state index contributed by atoms with van der Waals surface area (Å²) in [5.41, 5.74) is 7.29. The monoisotopic (exact) mass is 195 g/mol. The number of hydrogen-bond acceptors (Lipinski definition) is 3. The molecule has 1 aromatic heterocycles. The van der Waals surface area contributed by atoms with Crippen LogP contribution in [-0.4, -0.2) is 13.2 Å². The van der Waals surface area contributed by atoms with Crippen LogP contribution >= 0.6 is 0 Å². The van der Waals surface area contributed by atoms with Gasteiger partial charge < -0.3 is 14.9 Å². The summed E-state index contributed by atoms with van der Waals surface area (Å²) in [7, 11) is 1.69. The van der Waals surface area contributed by atoms with Gasteiger partial charge in [0.25, 0.3) is 0 Å². The second-order valence-electron chi connectivity index (χ2n) is 4.57. The molecule has 3 nitrogen and oxygen atoms in total. The van der Waals surface area contributed by atoms with E-state index in [1.165, 1.54) is 0 Å². The number of hydrogen-bond donors (Lipinski definition) is 1. The van der Waals surface area contributed by atoms with Crippen LogP contribution in [0.1, 0.15) is 31.1 Å². The van der Waals surface area contributed by atoms with Gasteiger partial charge in [-0.2, -0.15) is 0 Å². The Labute approximate surface area is 84.2 Å². The molecule has 78 valence electrons. The lowest BCUT2D eigenvalue weighted by atomic mass is 10.1. The van der Waals surface area contributed by atoms with E-state index < -0.39 is 0 Å². The quantitative estimate of drug-likeness (QED) is 0.801. The maximum absolute atomic E-state index is 6.00. The third-order valence-corrected chi connectivity index (χ3v) is 3.27. The Bertz CT molecular complexity index is 330. The Morgan fingerprint density at radius 2 is 2.21 bits per heavy atom. The Balaban J connectivity index is 2.22. The van der Waals surface area contributed by atoms with Gasteiger partial charge in [-0.3, -0.25) is 0 Å². The highest BCUT2D eigenvalue weighted by atomic mass is 16.5. The second kappa shape index (κ2) is 3.11. The lowest BCUT2D eigenvalue weighted by molar-refractivity contribution is 0.182. The molecule has 14 heavy (non-hydrogen) atoms. The van der Waals surface area contributed by atoms with E-state index in [0.717, 1.165) is 11.3 Å². The molecule has 0 bridgehead atoms. The first kappa shape index (κ1) is 9.74. The number of rotatable bonds is 3. The molecule has 0 radical (unpaired) electrons. The average molecular weight is 195 g/mol. The zero-order valence-corrected chi connectivity index (χ0v) is 8.91. The van der Waals surface area contributed by atoms with Gasteiger partial charge in [0.1, 0.15) is 5.76 Å². The molecule has 0 saturated heterocycles. The van der Waals surface area contributed by atoms with Crippen LogP contribution in [0.25, 0.3) is 0 Å². The summed E-state index contributed by atoms with van der Waals surface area (Å²) in [5, 5.41) is 0. The fourth-order valence-electron chi connectivity index (χ4n) is 2.07. The van der Waals surface area contributed by atoms with Crippen molar-refractivity contribution in [2.45, 2.75) is 32.4 Å². The molecule has 0 spiro atoms. The van der Waals surface area contributed by atoms with Crippen LogP contribution in [0.5, 0.6) is 0 Å². The molecule has 0 aliphatic heterocycles. The molecule has 1 aliphatic rings. The zero-order valence-electron chi connectivity index (χ0n) is 8.91. The first-order valence-corrected chi connectivity index (χ1v) is 4.90. The molecular weight excluding hydrogens is 178 g/mol. The molecule has 2 rings (SSSR count). The predicted octanol–water partition coefficient (Wildman–Crippen LogP) is 1.88. The Morgan fingerprint density at radius 3 is 2.71 bits per heavy atom. The van der Waals surface area contributed by atoms with Crippen molar-refractivity contribution in [2.75, 3.05) is 7.11 Å². The Morgan fingerprint density at radius 1 is 1.57 bits per heavy atom. The predicted molar refractivity (Wildman–Crippen MR) is 53.9 cm³/mol. The summed E-state index contributed by atoms with van der Waals surface area (Å²) in [6, 6.07) is 2.17. The van der Waals surface area contributed by atoms with Gasteiger partial charge in [0.2, 0.25) is 0 Å². The topological polar surface area (TPSA) is 48.4 Å². The summed E-state index contributed by atoms with van der Waals surface area (Å²) in [4.78, 5) is 0. The average Bonchev–Trinajstić information content (AvgIpc) is 2.52. The standard InChI is InChI=1S/C11H17NO2/c1-11(2)8(10(11)12)9-7(6-13-3)4-5-14-9/h4-5,8,10H,6,12H2,1-3H3/t8-,10-/m1/s1. The molecule has 1 fully saturated rings. The number of ether oxygens (including phenoxy) is 1. The fraction of sp³-hybridized carbons (Fsp3) is 0.636. The minimum Gasteiger partial charge on any atom is -0.469 e. The van der Waals surface area contributed by atoms with Crippen LogP contribution < -0.4 is 5.73 Å². The van der Waals surface area contributed by atoms with Crippen LogP contribution in [-0.2, 0) is 11.3 Å². The maximum atomic E-state index is 6.00. The summed E-state index contributed by atoms with van der Waals surface area (Å²) in [5.74, 6) is 1.35. The third kappa shape index (κ3) is 1.28. The van der Waals surface area contributed by atoms with Crippen LogP contribution in [0.4, 0.5) is 0 Å². The highest BCUT2D eigenvalue weighted by Crippen LogP contribution is 2.58. The number of methoxy groups -OCH3 is 1. The molecule has 0 unspecified atom stereocenters. The largest absolute Gasteiger partial charge is 0.469 e. The van der Waals surface area contributed by atoms with Crippen molar-refractivity contribution < 1.29 is 9.15 Å². The third-order valence-electron chi connectivity index (χ3n) is 3.27. The van der Waals surface area contributed by atoms with Crippen molar-refractivity contribution in [1.82, 2.24) is 0 Å². The molecule has 1 aliphatic carbocycles. The van der Waals surface area contributed by atoms with Crippen LogP contribution in [0.2, 0.25) is 0 Å². The highest BCUT2D eigenvalue weighted by Gasteiger charge is 2.58. The summed E-state index contributed by atoms with van der Waals surface area (Å²) in [6.07, 6.45) is 1.71. The number of furan rings is 1. The Hall–Kier alpha value is -0.800. The van der Waals surface area contributed by atoms with E-state index in [9.17, 15) is 0 Å². The van der Waals surface area contributed by atoms with Gasteiger partial charge in [-0.1, -0.05) is 13.8 Å². The first-order chi connectivity index (χ1) is 6.59. The normalized spacial score (nSPS) is 29.1. The second-order valence-corrected chi connectivity index (χ2v) is 4.57. The molecule has 2 atom stereocenters. The number of nitrogens with two attached hydrogens (primary N) is 1. The van der Waals surface area contributed by atoms with E-state index in [1.54, 1.807) is 13.4 Å². The van der Waals surface area contributed by atoms with Crippen molar-refractivity contribution >= 4 is 0 Å². The molecule has 2 N–H and O–H groups in total. The van der Waals surface area contributed by atoms with Crippen molar-refractivity contribution in [2.24, 2.45) is 11.1 Å².